The second kappa shape index (κ2) is 3.39. The maximum Gasteiger partial charge on any atom is 0.0345 e. The molecule has 1 aromatic carbocycles. The molecule has 0 N–H and O–H groups in total. The molecule has 1 aromatic heterocycles. The van der Waals surface area contributed by atoms with Crippen LogP contribution in [0.3, 0.4) is 0 Å². The molecular formula is C13H14S. The van der Waals surface area contributed by atoms with Crippen LogP contribution in [0, 0.1) is 0 Å². The predicted molar refractivity (Wildman–Crippen MR) is 63.0 cm³/mol. The first-order valence-corrected chi connectivity index (χ1v) is 6.23. The second-order valence-corrected chi connectivity index (χ2v) is 5.28. The third-order valence-electron chi connectivity index (χ3n) is 3.20. The molecule has 1 heteroatoms. The van der Waals surface area contributed by atoms with Crippen LogP contribution < -0.4 is 0 Å². The standard InChI is InChI=1S/C13H14S/c1-2-6-10(5-1)13-9-11-7-3-4-8-12(11)14-13/h3-4,7-10H,1-2,5-6H2. The van der Waals surface area contributed by atoms with E-state index in [1.165, 1.54) is 35.8 Å². The molecule has 0 amide bonds. The molecule has 2 aromatic rings. The maximum absolute atomic E-state index is 2.40. The van der Waals surface area contributed by atoms with Crippen molar-refractivity contribution < 1.29 is 0 Å². The first-order valence-electron chi connectivity index (χ1n) is 5.42. The molecule has 0 atom stereocenters. The van der Waals surface area contributed by atoms with E-state index in [1.54, 1.807) is 4.88 Å². The minimum absolute atomic E-state index is 0.868. The second-order valence-electron chi connectivity index (χ2n) is 4.17. The van der Waals surface area contributed by atoms with Gasteiger partial charge in [-0.2, -0.15) is 0 Å². The lowest BCUT2D eigenvalue weighted by atomic mass is 10.1. The Morgan fingerprint density at radius 1 is 1.07 bits per heavy atom. The van der Waals surface area contributed by atoms with Crippen molar-refractivity contribution in [3.05, 3.63) is 35.2 Å². The van der Waals surface area contributed by atoms with Gasteiger partial charge in [-0.25, -0.2) is 0 Å². The Balaban J connectivity index is 2.05. The van der Waals surface area contributed by atoms with Gasteiger partial charge in [0.25, 0.3) is 0 Å². The fourth-order valence-electron chi connectivity index (χ4n) is 2.41. The number of rotatable bonds is 1. The highest BCUT2D eigenvalue weighted by Gasteiger charge is 2.18. The Kier molecular flexibility index (Phi) is 2.06. The van der Waals surface area contributed by atoms with Crippen molar-refractivity contribution in [2.45, 2.75) is 31.6 Å². The summed E-state index contributed by atoms with van der Waals surface area (Å²) in [5, 5.41) is 1.43. The molecule has 0 spiro atoms. The number of benzene rings is 1. The Labute approximate surface area is 88.6 Å². The summed E-state index contributed by atoms with van der Waals surface area (Å²) < 4.78 is 1.45. The summed E-state index contributed by atoms with van der Waals surface area (Å²) in [7, 11) is 0. The number of hydrogen-bond acceptors (Lipinski definition) is 1. The molecule has 1 aliphatic carbocycles. The lowest BCUT2D eigenvalue weighted by Crippen LogP contribution is -1.85. The lowest BCUT2D eigenvalue weighted by molar-refractivity contribution is 0.738. The van der Waals surface area contributed by atoms with Gasteiger partial charge in [-0.15, -0.1) is 11.3 Å². The minimum Gasteiger partial charge on any atom is -0.140 e. The largest absolute Gasteiger partial charge is 0.140 e. The third kappa shape index (κ3) is 1.36. The number of fused-ring (bicyclic) bond motifs is 1. The Morgan fingerprint density at radius 2 is 1.86 bits per heavy atom. The third-order valence-corrected chi connectivity index (χ3v) is 4.48. The van der Waals surface area contributed by atoms with E-state index in [4.69, 9.17) is 0 Å². The van der Waals surface area contributed by atoms with Crippen molar-refractivity contribution in [3.8, 4) is 0 Å². The first kappa shape index (κ1) is 8.49. The molecule has 1 saturated carbocycles. The van der Waals surface area contributed by atoms with Crippen LogP contribution in [0.2, 0.25) is 0 Å². The zero-order valence-electron chi connectivity index (χ0n) is 8.20. The SMILES string of the molecule is c1ccc2sc(C3CCCC3)cc2c1. The number of hydrogen-bond donors (Lipinski definition) is 0. The molecule has 1 fully saturated rings. The first-order chi connectivity index (χ1) is 6.93. The molecule has 1 heterocycles. The average Bonchev–Trinajstić information content (AvgIpc) is 2.86. The summed E-state index contributed by atoms with van der Waals surface area (Å²) in [5.41, 5.74) is 0. The quantitative estimate of drug-likeness (QED) is 0.636. The molecule has 1 aliphatic rings. The molecular weight excluding hydrogens is 188 g/mol. The van der Waals surface area contributed by atoms with Crippen LogP contribution in [0.1, 0.15) is 36.5 Å². The van der Waals surface area contributed by atoms with E-state index in [-0.39, 0.29) is 0 Å². The van der Waals surface area contributed by atoms with Gasteiger partial charge in [-0.1, -0.05) is 31.0 Å². The maximum atomic E-state index is 2.40. The van der Waals surface area contributed by atoms with Gasteiger partial charge in [0.15, 0.2) is 0 Å². The van der Waals surface area contributed by atoms with E-state index in [0.717, 1.165) is 5.92 Å². The molecule has 0 radical (unpaired) electrons. The molecule has 0 bridgehead atoms. The summed E-state index contributed by atoms with van der Waals surface area (Å²) in [6.45, 7) is 0. The smallest absolute Gasteiger partial charge is 0.0345 e. The van der Waals surface area contributed by atoms with Gasteiger partial charge in [-0.05, 0) is 36.3 Å². The molecule has 14 heavy (non-hydrogen) atoms. The highest BCUT2D eigenvalue weighted by molar-refractivity contribution is 7.19. The summed E-state index contributed by atoms with van der Waals surface area (Å²) in [5.74, 6) is 0.868. The summed E-state index contributed by atoms with van der Waals surface area (Å²) in [4.78, 5) is 1.61. The average molecular weight is 202 g/mol. The monoisotopic (exact) mass is 202 g/mol. The highest BCUT2D eigenvalue weighted by atomic mass is 32.1. The fraction of sp³-hybridized carbons (Fsp3) is 0.385. The van der Waals surface area contributed by atoms with Gasteiger partial charge in [0.1, 0.15) is 0 Å². The zero-order valence-corrected chi connectivity index (χ0v) is 9.02. The van der Waals surface area contributed by atoms with E-state index < -0.39 is 0 Å². The highest BCUT2D eigenvalue weighted by Crippen LogP contribution is 2.39. The van der Waals surface area contributed by atoms with Crippen LogP contribution in [-0.2, 0) is 0 Å². The van der Waals surface area contributed by atoms with E-state index >= 15 is 0 Å². The van der Waals surface area contributed by atoms with Crippen LogP contribution in [0.4, 0.5) is 0 Å². The van der Waals surface area contributed by atoms with Crippen molar-refractivity contribution in [2.75, 3.05) is 0 Å². The molecule has 3 rings (SSSR count). The van der Waals surface area contributed by atoms with E-state index in [9.17, 15) is 0 Å². The van der Waals surface area contributed by atoms with Crippen LogP contribution in [0.25, 0.3) is 10.1 Å². The minimum atomic E-state index is 0.868. The summed E-state index contributed by atoms with van der Waals surface area (Å²) in [6, 6.07) is 11.1. The summed E-state index contributed by atoms with van der Waals surface area (Å²) in [6.07, 6.45) is 5.68. The molecule has 0 nitrogen and oxygen atoms in total. The van der Waals surface area contributed by atoms with Gasteiger partial charge in [0.2, 0.25) is 0 Å². The fourth-order valence-corrected chi connectivity index (χ4v) is 3.65. The number of thiophene rings is 1. The molecule has 0 aliphatic heterocycles. The van der Waals surface area contributed by atoms with Gasteiger partial charge in [0, 0.05) is 9.58 Å². The Hall–Kier alpha value is -0.820. The Bertz CT molecular complexity index is 402. The van der Waals surface area contributed by atoms with Crippen molar-refractivity contribution in [1.82, 2.24) is 0 Å². The van der Waals surface area contributed by atoms with Crippen molar-refractivity contribution in [3.63, 3.8) is 0 Å². The van der Waals surface area contributed by atoms with Crippen LogP contribution in [-0.4, -0.2) is 0 Å². The zero-order chi connectivity index (χ0) is 9.38. The van der Waals surface area contributed by atoms with Gasteiger partial charge in [0.05, 0.1) is 0 Å². The van der Waals surface area contributed by atoms with Crippen molar-refractivity contribution >= 4 is 21.4 Å². The summed E-state index contributed by atoms with van der Waals surface area (Å²) >= 11 is 1.99. The Morgan fingerprint density at radius 3 is 2.64 bits per heavy atom. The predicted octanol–water partition coefficient (Wildman–Crippen LogP) is 4.56. The van der Waals surface area contributed by atoms with E-state index in [1.807, 2.05) is 11.3 Å². The van der Waals surface area contributed by atoms with Crippen LogP contribution >= 0.6 is 11.3 Å². The van der Waals surface area contributed by atoms with E-state index in [2.05, 4.69) is 30.3 Å². The van der Waals surface area contributed by atoms with Gasteiger partial charge in [-0.3, -0.25) is 0 Å². The van der Waals surface area contributed by atoms with Crippen molar-refractivity contribution in [2.24, 2.45) is 0 Å². The van der Waals surface area contributed by atoms with Crippen molar-refractivity contribution in [1.29, 1.82) is 0 Å². The lowest BCUT2D eigenvalue weighted by Gasteiger charge is -2.03. The van der Waals surface area contributed by atoms with Gasteiger partial charge < -0.3 is 0 Å². The van der Waals surface area contributed by atoms with Gasteiger partial charge >= 0.3 is 0 Å². The van der Waals surface area contributed by atoms with Crippen LogP contribution in [0.5, 0.6) is 0 Å². The molecule has 0 saturated heterocycles. The molecule has 0 unspecified atom stereocenters. The normalized spacial score (nSPS) is 18.0. The molecule has 72 valence electrons. The van der Waals surface area contributed by atoms with Crippen LogP contribution in [0.15, 0.2) is 30.3 Å². The van der Waals surface area contributed by atoms with E-state index in [0.29, 0.717) is 0 Å². The topological polar surface area (TPSA) is 0 Å².